The van der Waals surface area contributed by atoms with Crippen LogP contribution in [0.4, 0.5) is 0 Å². The Morgan fingerprint density at radius 2 is 2.05 bits per heavy atom. The quantitative estimate of drug-likeness (QED) is 0.887. The summed E-state index contributed by atoms with van der Waals surface area (Å²) in [6, 6.07) is 7.46. The number of hydrogen-bond acceptors (Lipinski definition) is 3. The highest BCUT2D eigenvalue weighted by molar-refractivity contribution is 6.30. The summed E-state index contributed by atoms with van der Waals surface area (Å²) in [6.07, 6.45) is 1.98. The van der Waals surface area contributed by atoms with Gasteiger partial charge in [0.1, 0.15) is 0 Å². The Labute approximate surface area is 135 Å². The molecule has 2 rings (SSSR count). The topological polar surface area (TPSA) is 50.2 Å². The van der Waals surface area contributed by atoms with E-state index in [2.05, 4.69) is 10.4 Å². The molecule has 1 N–H and O–H groups in total. The van der Waals surface area contributed by atoms with Gasteiger partial charge in [0.15, 0.2) is 0 Å². The molecule has 0 aliphatic carbocycles. The molecule has 2 aromatic rings. The van der Waals surface area contributed by atoms with Crippen molar-refractivity contribution in [1.29, 1.82) is 0 Å². The van der Waals surface area contributed by atoms with Crippen molar-refractivity contribution in [3.05, 3.63) is 52.3 Å². The third kappa shape index (κ3) is 4.86. The van der Waals surface area contributed by atoms with Gasteiger partial charge in [-0.05, 0) is 31.7 Å². The maximum absolute atomic E-state index is 12.0. The number of aromatic nitrogens is 2. The van der Waals surface area contributed by atoms with Crippen molar-refractivity contribution in [2.75, 3.05) is 13.6 Å². The lowest BCUT2D eigenvalue weighted by Crippen LogP contribution is -2.34. The van der Waals surface area contributed by atoms with Gasteiger partial charge in [-0.2, -0.15) is 5.10 Å². The number of hydrogen-bond donors (Lipinski definition) is 1. The summed E-state index contributed by atoms with van der Waals surface area (Å²) < 4.78 is 1.79. The van der Waals surface area contributed by atoms with Crippen LogP contribution in [0, 0.1) is 6.92 Å². The van der Waals surface area contributed by atoms with Crippen LogP contribution in [0.5, 0.6) is 0 Å². The van der Waals surface area contributed by atoms with Gasteiger partial charge in [-0.1, -0.05) is 23.7 Å². The Hall–Kier alpha value is -1.85. The number of likely N-dealkylation sites (N-methyl/N-ethyl adjacent to an activating group) is 1. The second-order valence-corrected chi connectivity index (χ2v) is 5.93. The molecule has 1 heterocycles. The third-order valence-electron chi connectivity index (χ3n) is 3.37. The van der Waals surface area contributed by atoms with Gasteiger partial charge in [0.2, 0.25) is 5.91 Å². The van der Waals surface area contributed by atoms with Crippen LogP contribution in [-0.4, -0.2) is 34.2 Å². The molecule has 1 aromatic carbocycles. The molecule has 1 amide bonds. The number of nitrogens with zero attached hydrogens (tertiary/aromatic N) is 3. The van der Waals surface area contributed by atoms with E-state index < -0.39 is 0 Å². The molecular weight excluding hydrogens is 300 g/mol. The number of aryl methyl sites for hydroxylation is 2. The summed E-state index contributed by atoms with van der Waals surface area (Å²) in [5.74, 6) is -0.000932. The van der Waals surface area contributed by atoms with E-state index in [0.29, 0.717) is 24.7 Å². The first kappa shape index (κ1) is 16.5. The number of amides is 1. The van der Waals surface area contributed by atoms with Gasteiger partial charge in [-0.25, -0.2) is 0 Å². The van der Waals surface area contributed by atoms with Crippen LogP contribution in [0.15, 0.2) is 30.5 Å². The van der Waals surface area contributed by atoms with E-state index in [1.807, 2.05) is 56.4 Å². The van der Waals surface area contributed by atoms with Crippen LogP contribution in [-0.2, 0) is 24.9 Å². The SMILES string of the molecule is Cc1nn(C)cc1CN(C)CC(=O)NCc1ccc(Cl)cc1. The first-order valence-corrected chi connectivity index (χ1v) is 7.50. The molecule has 0 aliphatic heterocycles. The number of carbonyl (C=O) groups is 1. The maximum atomic E-state index is 12.0. The molecule has 0 aliphatic rings. The minimum absolute atomic E-state index is 0.000932. The highest BCUT2D eigenvalue weighted by Gasteiger charge is 2.10. The molecule has 0 unspecified atom stereocenters. The summed E-state index contributed by atoms with van der Waals surface area (Å²) in [5, 5.41) is 7.91. The lowest BCUT2D eigenvalue weighted by atomic mass is 10.2. The molecule has 22 heavy (non-hydrogen) atoms. The molecule has 0 spiro atoms. The number of benzene rings is 1. The first-order valence-electron chi connectivity index (χ1n) is 7.13. The third-order valence-corrected chi connectivity index (χ3v) is 3.62. The zero-order chi connectivity index (χ0) is 16.1. The van der Waals surface area contributed by atoms with Crippen LogP contribution < -0.4 is 5.32 Å². The molecule has 0 radical (unpaired) electrons. The summed E-state index contributed by atoms with van der Waals surface area (Å²) in [5.41, 5.74) is 3.16. The predicted octanol–water partition coefficient (Wildman–Crippen LogP) is 2.13. The van der Waals surface area contributed by atoms with Gasteiger partial charge in [0.25, 0.3) is 0 Å². The molecule has 0 atom stereocenters. The van der Waals surface area contributed by atoms with Crippen molar-refractivity contribution >= 4 is 17.5 Å². The molecular formula is C16H21ClN4O. The van der Waals surface area contributed by atoms with Crippen molar-refractivity contribution in [1.82, 2.24) is 20.0 Å². The lowest BCUT2D eigenvalue weighted by Gasteiger charge is -2.15. The standard InChI is InChI=1S/C16H21ClN4O/c1-12-14(10-21(3)19-12)9-20(2)11-16(22)18-8-13-4-6-15(17)7-5-13/h4-7,10H,8-9,11H2,1-3H3,(H,18,22). The summed E-state index contributed by atoms with van der Waals surface area (Å²) in [6.45, 7) is 3.54. The van der Waals surface area contributed by atoms with Crippen LogP contribution >= 0.6 is 11.6 Å². The Balaban J connectivity index is 1.78. The predicted molar refractivity (Wildman–Crippen MR) is 87.6 cm³/mol. The molecule has 0 fully saturated rings. The lowest BCUT2D eigenvalue weighted by molar-refractivity contribution is -0.122. The Kier molecular flexibility index (Phi) is 5.57. The van der Waals surface area contributed by atoms with Crippen molar-refractivity contribution < 1.29 is 4.79 Å². The van der Waals surface area contributed by atoms with Crippen LogP contribution in [0.25, 0.3) is 0 Å². The number of carbonyl (C=O) groups excluding carboxylic acids is 1. The summed E-state index contributed by atoms with van der Waals surface area (Å²) >= 11 is 5.83. The van der Waals surface area contributed by atoms with Crippen LogP contribution in [0.3, 0.4) is 0 Å². The monoisotopic (exact) mass is 320 g/mol. The van der Waals surface area contributed by atoms with E-state index in [1.165, 1.54) is 0 Å². The number of nitrogens with one attached hydrogen (secondary N) is 1. The van der Waals surface area contributed by atoms with E-state index in [9.17, 15) is 4.79 Å². The molecule has 5 nitrogen and oxygen atoms in total. The molecule has 118 valence electrons. The van der Waals surface area contributed by atoms with Crippen molar-refractivity contribution in [2.24, 2.45) is 7.05 Å². The van der Waals surface area contributed by atoms with E-state index in [0.717, 1.165) is 16.8 Å². The van der Waals surface area contributed by atoms with Gasteiger partial charge < -0.3 is 5.32 Å². The highest BCUT2D eigenvalue weighted by Crippen LogP contribution is 2.09. The fraction of sp³-hybridized carbons (Fsp3) is 0.375. The minimum Gasteiger partial charge on any atom is -0.351 e. The molecule has 1 aromatic heterocycles. The highest BCUT2D eigenvalue weighted by atomic mass is 35.5. The average molecular weight is 321 g/mol. The maximum Gasteiger partial charge on any atom is 0.234 e. The van der Waals surface area contributed by atoms with Gasteiger partial charge in [-0.3, -0.25) is 14.4 Å². The van der Waals surface area contributed by atoms with Gasteiger partial charge in [-0.15, -0.1) is 0 Å². The summed E-state index contributed by atoms with van der Waals surface area (Å²) in [4.78, 5) is 13.9. The number of rotatable bonds is 6. The minimum atomic E-state index is -0.000932. The van der Waals surface area contributed by atoms with Gasteiger partial charge in [0.05, 0.1) is 12.2 Å². The first-order chi connectivity index (χ1) is 10.4. The van der Waals surface area contributed by atoms with E-state index in [-0.39, 0.29) is 5.91 Å². The van der Waals surface area contributed by atoms with Gasteiger partial charge in [0, 0.05) is 36.9 Å². The van der Waals surface area contributed by atoms with Crippen molar-refractivity contribution in [2.45, 2.75) is 20.0 Å². The largest absolute Gasteiger partial charge is 0.351 e. The fourth-order valence-corrected chi connectivity index (χ4v) is 2.38. The zero-order valence-electron chi connectivity index (χ0n) is 13.1. The van der Waals surface area contributed by atoms with Crippen LogP contribution in [0.1, 0.15) is 16.8 Å². The Bertz CT molecular complexity index is 636. The normalized spacial score (nSPS) is 11.0. The average Bonchev–Trinajstić information content (AvgIpc) is 2.76. The molecule has 6 heteroatoms. The molecule has 0 saturated carbocycles. The van der Waals surface area contributed by atoms with Crippen LogP contribution in [0.2, 0.25) is 5.02 Å². The fourth-order valence-electron chi connectivity index (χ4n) is 2.25. The molecule has 0 saturated heterocycles. The van der Waals surface area contributed by atoms with E-state index >= 15 is 0 Å². The van der Waals surface area contributed by atoms with E-state index in [1.54, 1.807) is 4.68 Å². The molecule has 0 bridgehead atoms. The smallest absolute Gasteiger partial charge is 0.234 e. The number of halogens is 1. The summed E-state index contributed by atoms with van der Waals surface area (Å²) in [7, 11) is 3.82. The van der Waals surface area contributed by atoms with E-state index in [4.69, 9.17) is 11.6 Å². The van der Waals surface area contributed by atoms with Gasteiger partial charge >= 0.3 is 0 Å². The van der Waals surface area contributed by atoms with Crippen molar-refractivity contribution in [3.63, 3.8) is 0 Å². The Morgan fingerprint density at radius 1 is 1.36 bits per heavy atom. The second-order valence-electron chi connectivity index (χ2n) is 5.49. The zero-order valence-corrected chi connectivity index (χ0v) is 13.9. The second kappa shape index (κ2) is 7.42. The Morgan fingerprint density at radius 3 is 2.64 bits per heavy atom. The van der Waals surface area contributed by atoms with Crippen molar-refractivity contribution in [3.8, 4) is 0 Å².